The molecular weight excluding hydrogens is 450 g/mol. The molecule has 2 amide bonds. The van der Waals surface area contributed by atoms with Crippen molar-refractivity contribution >= 4 is 34.0 Å². The first-order valence-corrected chi connectivity index (χ1v) is 11.6. The highest BCUT2D eigenvalue weighted by molar-refractivity contribution is 7.16. The maximum Gasteiger partial charge on any atom is 0.271 e. The highest BCUT2D eigenvalue weighted by Crippen LogP contribution is 2.40. The molecule has 33 heavy (non-hydrogen) atoms. The van der Waals surface area contributed by atoms with Crippen LogP contribution in [0.15, 0.2) is 12.1 Å². The Morgan fingerprint density at radius 2 is 1.85 bits per heavy atom. The predicted octanol–water partition coefficient (Wildman–Crippen LogP) is 4.91. The van der Waals surface area contributed by atoms with Crippen molar-refractivity contribution in [2.24, 2.45) is 5.41 Å². The molecule has 3 rings (SSSR count). The Labute approximate surface area is 196 Å². The fourth-order valence-electron chi connectivity index (χ4n) is 3.72. The van der Waals surface area contributed by atoms with E-state index < -0.39 is 29.5 Å². The van der Waals surface area contributed by atoms with Crippen LogP contribution in [0.5, 0.6) is 0 Å². The first kappa shape index (κ1) is 25.2. The van der Waals surface area contributed by atoms with Crippen molar-refractivity contribution in [3.05, 3.63) is 34.6 Å². The lowest BCUT2D eigenvalue weighted by Gasteiger charge is -2.44. The molecule has 0 radical (unpaired) electrons. The van der Waals surface area contributed by atoms with E-state index >= 15 is 0 Å². The minimum absolute atomic E-state index is 0.0102. The molecule has 1 N–H and O–H groups in total. The predicted molar refractivity (Wildman–Crippen MR) is 123 cm³/mol. The largest absolute Gasteiger partial charge is 0.363 e. The van der Waals surface area contributed by atoms with Crippen LogP contribution in [-0.4, -0.2) is 39.5 Å². The second-order valence-corrected chi connectivity index (χ2v) is 11.2. The van der Waals surface area contributed by atoms with Gasteiger partial charge in [0, 0.05) is 23.1 Å². The van der Waals surface area contributed by atoms with Crippen LogP contribution in [0, 0.1) is 24.2 Å². The lowest BCUT2D eigenvalue weighted by atomic mass is 9.67. The van der Waals surface area contributed by atoms with Gasteiger partial charge in [-0.25, -0.2) is 4.98 Å². The summed E-state index contributed by atoms with van der Waals surface area (Å²) in [6, 6.07) is 1.92. The lowest BCUT2D eigenvalue weighted by molar-refractivity contribution is -0.136. The van der Waals surface area contributed by atoms with E-state index in [1.807, 2.05) is 0 Å². The van der Waals surface area contributed by atoms with Crippen molar-refractivity contribution in [3.8, 4) is 0 Å². The Kier molecular flexibility index (Phi) is 6.91. The molecule has 7 nitrogen and oxygen atoms in total. The van der Waals surface area contributed by atoms with E-state index in [4.69, 9.17) is 4.74 Å². The van der Waals surface area contributed by atoms with E-state index in [-0.39, 0.29) is 33.9 Å². The van der Waals surface area contributed by atoms with Gasteiger partial charge in [0.25, 0.3) is 11.8 Å². The third-order valence-electron chi connectivity index (χ3n) is 5.62. The first-order valence-electron chi connectivity index (χ1n) is 10.8. The normalized spacial score (nSPS) is 18.4. The van der Waals surface area contributed by atoms with Crippen molar-refractivity contribution in [1.29, 1.82) is 0 Å². The van der Waals surface area contributed by atoms with Crippen molar-refractivity contribution < 1.29 is 23.1 Å². The number of thiazole rings is 1. The van der Waals surface area contributed by atoms with Crippen molar-refractivity contribution in [2.45, 2.75) is 79.1 Å². The number of hydrogen-bond donors (Lipinski definition) is 1. The van der Waals surface area contributed by atoms with Crippen LogP contribution in [0.2, 0.25) is 0 Å². The van der Waals surface area contributed by atoms with Crippen LogP contribution in [-0.2, 0) is 9.53 Å². The maximum absolute atomic E-state index is 13.9. The lowest BCUT2D eigenvalue weighted by Crippen LogP contribution is -2.52. The molecule has 2 aromatic rings. The van der Waals surface area contributed by atoms with Gasteiger partial charge in [-0.05, 0) is 52.9 Å². The van der Waals surface area contributed by atoms with Gasteiger partial charge >= 0.3 is 0 Å². The number of aryl methyl sites for hydroxylation is 1. The molecule has 10 heteroatoms. The standard InChI is InChI=1S/C23H30F2N4O3S/c1-12(32-22(3,4)5)20(31)29(14-10-16(24)27-17(25)11-14)21-28-18(13(2)33-21)19(30)26-15-8-9-23(15,6)7/h10-12,15H,8-9H2,1-7H3,(H,26,30). The number of carbonyl (C=O) groups is 2. The molecular formula is C23H30F2N4O3S. The molecule has 2 unspecified atom stereocenters. The van der Waals surface area contributed by atoms with Gasteiger partial charge in [0.05, 0.1) is 11.3 Å². The summed E-state index contributed by atoms with van der Waals surface area (Å²) >= 11 is 1.09. The number of anilines is 2. The molecule has 1 aliphatic carbocycles. The number of rotatable bonds is 6. The summed E-state index contributed by atoms with van der Waals surface area (Å²) in [5.41, 5.74) is -0.532. The molecule has 1 saturated carbocycles. The molecule has 2 heterocycles. The average Bonchev–Trinajstić information content (AvgIpc) is 3.04. The van der Waals surface area contributed by atoms with Crippen molar-refractivity contribution in [2.75, 3.05) is 4.90 Å². The van der Waals surface area contributed by atoms with Crippen LogP contribution in [0.1, 0.15) is 69.7 Å². The average molecular weight is 481 g/mol. The number of nitrogens with one attached hydrogen (secondary N) is 1. The van der Waals surface area contributed by atoms with Gasteiger partial charge < -0.3 is 10.1 Å². The monoisotopic (exact) mass is 480 g/mol. The summed E-state index contributed by atoms with van der Waals surface area (Å²) < 4.78 is 33.6. The number of ether oxygens (including phenoxy) is 1. The van der Waals surface area contributed by atoms with Crippen molar-refractivity contribution in [3.63, 3.8) is 0 Å². The van der Waals surface area contributed by atoms with E-state index in [1.54, 1.807) is 34.6 Å². The molecule has 180 valence electrons. The first-order chi connectivity index (χ1) is 15.2. The van der Waals surface area contributed by atoms with E-state index in [0.717, 1.165) is 41.2 Å². The maximum atomic E-state index is 13.9. The Morgan fingerprint density at radius 3 is 2.33 bits per heavy atom. The molecule has 0 aromatic carbocycles. The van der Waals surface area contributed by atoms with E-state index in [0.29, 0.717) is 4.88 Å². The molecule has 2 aromatic heterocycles. The van der Waals surface area contributed by atoms with Crippen molar-refractivity contribution in [1.82, 2.24) is 15.3 Å². The van der Waals surface area contributed by atoms with E-state index in [9.17, 15) is 18.4 Å². The second kappa shape index (κ2) is 9.06. The van der Waals surface area contributed by atoms with Gasteiger partial charge in [0.1, 0.15) is 11.8 Å². The third kappa shape index (κ3) is 5.73. The third-order valence-corrected chi connectivity index (χ3v) is 6.58. The SMILES string of the molecule is Cc1sc(N(C(=O)C(C)OC(C)(C)C)c2cc(F)nc(F)c2)nc1C(=O)NC1CCC1(C)C. The zero-order valence-electron chi connectivity index (χ0n) is 20.0. The van der Waals surface area contributed by atoms with Gasteiger partial charge in [0.15, 0.2) is 5.13 Å². The second-order valence-electron chi connectivity index (χ2n) is 9.97. The van der Waals surface area contributed by atoms with E-state index in [2.05, 4.69) is 29.1 Å². The molecule has 2 atom stereocenters. The van der Waals surface area contributed by atoms with Gasteiger partial charge in [-0.2, -0.15) is 13.8 Å². The Morgan fingerprint density at radius 1 is 1.24 bits per heavy atom. The van der Waals surface area contributed by atoms with Crippen LogP contribution >= 0.6 is 11.3 Å². The van der Waals surface area contributed by atoms with Crippen LogP contribution in [0.3, 0.4) is 0 Å². The molecule has 1 fully saturated rings. The summed E-state index contributed by atoms with van der Waals surface area (Å²) in [7, 11) is 0. The zero-order valence-corrected chi connectivity index (χ0v) is 20.8. The summed E-state index contributed by atoms with van der Waals surface area (Å²) in [6.07, 6.45) is 0.963. The van der Waals surface area contributed by atoms with Crippen LogP contribution in [0.25, 0.3) is 0 Å². The Hall–Kier alpha value is -2.46. The number of nitrogens with zero attached hydrogens (tertiary/aromatic N) is 3. The number of carbonyl (C=O) groups excluding carboxylic acids is 2. The minimum atomic E-state index is -1.08. The molecule has 1 aliphatic rings. The molecule has 0 spiro atoms. The number of aromatic nitrogens is 2. The van der Waals surface area contributed by atoms with Gasteiger partial charge in [-0.1, -0.05) is 13.8 Å². The van der Waals surface area contributed by atoms with Gasteiger partial charge in [0.2, 0.25) is 11.9 Å². The van der Waals surface area contributed by atoms with Crippen LogP contribution in [0.4, 0.5) is 19.6 Å². The Bertz CT molecular complexity index is 1040. The fraction of sp³-hybridized carbons (Fsp3) is 0.565. The number of halogens is 2. The quantitative estimate of drug-likeness (QED) is 0.594. The minimum Gasteiger partial charge on any atom is -0.363 e. The molecule has 0 bridgehead atoms. The van der Waals surface area contributed by atoms with E-state index in [1.165, 1.54) is 0 Å². The fourth-order valence-corrected chi connectivity index (χ4v) is 4.66. The molecule has 0 saturated heterocycles. The topological polar surface area (TPSA) is 84.4 Å². The summed E-state index contributed by atoms with van der Waals surface area (Å²) in [6.45, 7) is 12.8. The number of hydrogen-bond acceptors (Lipinski definition) is 6. The smallest absolute Gasteiger partial charge is 0.271 e. The van der Waals surface area contributed by atoms with Gasteiger partial charge in [-0.15, -0.1) is 11.3 Å². The van der Waals surface area contributed by atoms with Crippen LogP contribution < -0.4 is 10.2 Å². The summed E-state index contributed by atoms with van der Waals surface area (Å²) in [4.78, 5) is 35.4. The Balaban J connectivity index is 1.98. The highest BCUT2D eigenvalue weighted by Gasteiger charge is 2.40. The number of pyridine rings is 1. The van der Waals surface area contributed by atoms with Gasteiger partial charge in [-0.3, -0.25) is 14.5 Å². The molecule has 0 aliphatic heterocycles. The summed E-state index contributed by atoms with van der Waals surface area (Å²) in [5.74, 6) is -3.07. The zero-order chi connectivity index (χ0) is 24.7. The number of amides is 2. The summed E-state index contributed by atoms with van der Waals surface area (Å²) in [5, 5.41) is 3.12. The highest BCUT2D eigenvalue weighted by atomic mass is 32.1.